The van der Waals surface area contributed by atoms with Gasteiger partial charge in [-0.15, -0.1) is 108 Å². The van der Waals surface area contributed by atoms with Crippen molar-refractivity contribution >= 4 is 43.6 Å². The average molecular weight is 1480 g/mol. The molecule has 4 unspecified atom stereocenters. The van der Waals surface area contributed by atoms with Crippen LogP contribution in [0.4, 0.5) is 0 Å². The number of hydrogen-bond acceptors (Lipinski definition) is 5. The van der Waals surface area contributed by atoms with Gasteiger partial charge in [-0.2, -0.15) is 0 Å². The van der Waals surface area contributed by atoms with Gasteiger partial charge in [-0.05, 0) is 149 Å². The fourth-order valence-electron chi connectivity index (χ4n) is 15.1. The molecular weight excluding hydrogens is 1410 g/mol. The molecule has 0 spiro atoms. The topological polar surface area (TPSA) is 104 Å². The molecule has 2 N–H and O–H groups in total. The normalized spacial score (nSPS) is 12.6. The maximum atomic E-state index is 12.6. The van der Waals surface area contributed by atoms with Gasteiger partial charge in [0, 0.05) is 99.0 Å². The Labute approximate surface area is 599 Å². The molecule has 0 saturated heterocycles. The number of rotatable bonds is 13. The average Bonchev–Trinajstić information content (AvgIpc) is 1.57. The number of fused-ring (bicyclic) bond motifs is 6. The van der Waals surface area contributed by atoms with Crippen LogP contribution in [-0.4, -0.2) is 60.2 Å². The zero-order chi connectivity index (χ0) is 68.6. The summed E-state index contributed by atoms with van der Waals surface area (Å²) < 4.78 is 11.1. The van der Waals surface area contributed by atoms with Crippen molar-refractivity contribution < 1.29 is 30.3 Å². The number of para-hydroxylation sites is 4. The van der Waals surface area contributed by atoms with Gasteiger partial charge in [-0.3, -0.25) is 15.0 Å². The van der Waals surface area contributed by atoms with Crippen LogP contribution in [0.2, 0.25) is 0 Å². The zero-order valence-electron chi connectivity index (χ0n) is 57.9. The summed E-state index contributed by atoms with van der Waals surface area (Å²) in [4.78, 5) is 13.7. The molecule has 10 nitrogen and oxygen atoms in total. The second-order valence-corrected chi connectivity index (χ2v) is 26.3. The number of aryl methyl sites for hydroxylation is 8. The van der Waals surface area contributed by atoms with Gasteiger partial charge < -0.3 is 33.0 Å². The monoisotopic (exact) mass is 1480 g/mol. The molecule has 0 aliphatic carbocycles. The van der Waals surface area contributed by atoms with Gasteiger partial charge in [0.25, 0.3) is 0 Å². The minimum absolute atomic E-state index is 0. The molecule has 5 heterocycles. The van der Waals surface area contributed by atoms with Gasteiger partial charge in [0.2, 0.25) is 0 Å². The van der Waals surface area contributed by atoms with Crippen LogP contribution < -0.4 is 0 Å². The van der Waals surface area contributed by atoms with Crippen LogP contribution in [-0.2, 0) is 20.1 Å². The second-order valence-electron chi connectivity index (χ2n) is 26.3. The molecule has 16 aromatic rings. The van der Waals surface area contributed by atoms with Crippen molar-refractivity contribution in [3.05, 3.63) is 335 Å². The van der Waals surface area contributed by atoms with Crippen LogP contribution in [0, 0.1) is 73.6 Å². The number of imidazole rings is 3. The molecule has 0 amide bonds. The number of aliphatic hydroxyl groups is 2. The first-order valence-electron chi connectivity index (χ1n) is 33.9. The Hall–Kier alpha value is -10.8. The van der Waals surface area contributed by atoms with Crippen molar-refractivity contribution in [2.24, 2.45) is 0 Å². The summed E-state index contributed by atoms with van der Waals surface area (Å²) in [6.45, 7) is 20.9. The van der Waals surface area contributed by atoms with Crippen molar-refractivity contribution in [3.63, 3.8) is 0 Å². The Bertz CT molecular complexity index is 5140. The zero-order valence-corrected chi connectivity index (χ0v) is 60.3. The van der Waals surface area contributed by atoms with E-state index >= 15 is 0 Å². The number of aromatic nitrogens is 8. The van der Waals surface area contributed by atoms with Crippen molar-refractivity contribution in [1.82, 2.24) is 37.8 Å². The molecule has 0 fully saturated rings. The summed E-state index contributed by atoms with van der Waals surface area (Å²) in [6.07, 6.45) is 9.77. The summed E-state index contributed by atoms with van der Waals surface area (Å²) >= 11 is 0. The van der Waals surface area contributed by atoms with Crippen LogP contribution >= 0.6 is 0 Å². The van der Waals surface area contributed by atoms with Crippen molar-refractivity contribution in [1.29, 1.82) is 0 Å². The van der Waals surface area contributed by atoms with E-state index in [4.69, 9.17) is 0 Å². The van der Waals surface area contributed by atoms with E-state index in [1.165, 1.54) is 66.3 Å². The first-order valence-corrected chi connectivity index (χ1v) is 33.9. The largest absolute Gasteiger partial charge is 3.00 e. The van der Waals surface area contributed by atoms with Crippen molar-refractivity contribution in [2.75, 3.05) is 0 Å². The SMILES string of the molecule is Cc1cc(C(C(C)O)C(O)C(C)c2cc(-n3c4ccccc4c4ccccc43)cc(-n3c4ccccc4c4ccccc43)c2)cc(C)c1-n1ccnc1-c1[c-]cccc1.Cc1cc(C)c(-n2ccnc2-c2[c-]cccc2)c(C)c1.Cc1cc(C)c(-n2ccnc2-c2[c-]cccc2)c(C)c1.[Ir+3]. The minimum atomic E-state index is -0.915. The molecule has 5 aromatic heterocycles. The van der Waals surface area contributed by atoms with Gasteiger partial charge in [0.05, 0.1) is 51.7 Å². The van der Waals surface area contributed by atoms with Crippen LogP contribution in [0.3, 0.4) is 0 Å². The Kier molecular flexibility index (Phi) is 19.6. The van der Waals surface area contributed by atoms with E-state index in [1.54, 1.807) is 6.92 Å². The van der Waals surface area contributed by atoms with E-state index < -0.39 is 18.1 Å². The third-order valence-corrected chi connectivity index (χ3v) is 19.2. The third-order valence-electron chi connectivity index (χ3n) is 19.2. The van der Waals surface area contributed by atoms with Gasteiger partial charge >= 0.3 is 20.1 Å². The molecule has 100 heavy (non-hydrogen) atoms. The first-order chi connectivity index (χ1) is 48.1. The van der Waals surface area contributed by atoms with Crippen LogP contribution in [0.25, 0.3) is 106 Å². The van der Waals surface area contributed by atoms with Gasteiger partial charge in [0.1, 0.15) is 0 Å². The van der Waals surface area contributed by atoms with Gasteiger partial charge in [-0.25, -0.2) is 0 Å². The summed E-state index contributed by atoms with van der Waals surface area (Å²) in [5.74, 6) is 1.76. The smallest absolute Gasteiger partial charge is 0.393 e. The molecule has 16 rings (SSSR count). The predicted octanol–water partition coefficient (Wildman–Crippen LogP) is 20.3. The van der Waals surface area contributed by atoms with E-state index in [1.807, 2.05) is 110 Å². The maximum absolute atomic E-state index is 12.6. The molecule has 0 bridgehead atoms. The van der Waals surface area contributed by atoms with E-state index in [-0.39, 0.29) is 26.0 Å². The fraction of sp³-hybridized carbons (Fsp3) is 0.157. The summed E-state index contributed by atoms with van der Waals surface area (Å²) in [5, 5.41) is 28.9. The molecule has 0 radical (unpaired) electrons. The number of nitrogens with zero attached hydrogens (tertiary/aromatic N) is 8. The van der Waals surface area contributed by atoms with Crippen LogP contribution in [0.15, 0.2) is 262 Å². The summed E-state index contributed by atoms with van der Waals surface area (Å²) in [5.41, 5.74) is 24.4. The molecule has 496 valence electrons. The minimum Gasteiger partial charge on any atom is -0.393 e. The third kappa shape index (κ3) is 13.0. The number of aliphatic hydroxyl groups excluding tert-OH is 2. The molecular formula is C89H79IrN8O2. The maximum Gasteiger partial charge on any atom is 3.00 e. The van der Waals surface area contributed by atoms with Crippen LogP contribution in [0.1, 0.15) is 81.3 Å². The first kappa shape index (κ1) is 67.8. The molecule has 0 saturated carbocycles. The van der Waals surface area contributed by atoms with E-state index in [9.17, 15) is 10.2 Å². The van der Waals surface area contributed by atoms with E-state index in [0.717, 1.165) is 95.5 Å². The standard InChI is InChI=1S/C53H45N4O2.2C18H17N2.Ir/c1-33-28-39(29-34(2)51(33)55-27-26-54-53(55)37-16-6-5-7-17-37)50(36(4)58)52(59)35(3)38-30-40(56-46-22-12-8-18-42(46)43-19-9-13-23-47(43)56)32-41(31-38)57-48-24-14-10-20-44(48)45-21-11-15-25-49(45)57;2*1-13-11-14(2)17(15(3)12-13)20-10-9-19-18(20)16-7-5-4-6-8-16;/h5-16,18-32,35-36,50,52,58-59H,1-4H3;2*4-7,9-12H,1-3H3;/q3*-1;+3. The van der Waals surface area contributed by atoms with Crippen LogP contribution in [0.5, 0.6) is 0 Å². The summed E-state index contributed by atoms with van der Waals surface area (Å²) in [7, 11) is 0. The van der Waals surface area contributed by atoms with Gasteiger partial charge in [-0.1, -0.05) is 127 Å². The van der Waals surface area contributed by atoms with E-state index in [0.29, 0.717) is 0 Å². The number of hydrogen-bond donors (Lipinski definition) is 2. The Morgan fingerprint density at radius 3 is 0.950 bits per heavy atom. The summed E-state index contributed by atoms with van der Waals surface area (Å²) in [6, 6.07) is 87.6. The van der Waals surface area contributed by atoms with Crippen molar-refractivity contribution in [2.45, 2.75) is 93.3 Å². The molecule has 11 aromatic carbocycles. The van der Waals surface area contributed by atoms with Gasteiger partial charge in [0.15, 0.2) is 0 Å². The molecule has 0 aliphatic heterocycles. The molecule has 0 aliphatic rings. The quantitative estimate of drug-likeness (QED) is 0.112. The van der Waals surface area contributed by atoms with E-state index in [2.05, 4.69) is 270 Å². The fourth-order valence-corrected chi connectivity index (χ4v) is 15.1. The molecule has 4 atom stereocenters. The Morgan fingerprint density at radius 2 is 0.650 bits per heavy atom. The molecule has 11 heteroatoms. The van der Waals surface area contributed by atoms with Crippen molar-refractivity contribution in [3.8, 4) is 62.6 Å². The second kappa shape index (κ2) is 29.0. The Balaban J connectivity index is 0.000000177. The number of benzene rings is 11. The Morgan fingerprint density at radius 1 is 0.350 bits per heavy atom. The predicted molar refractivity (Wildman–Crippen MR) is 405 cm³/mol.